The molecule has 0 aliphatic carbocycles. The van der Waals surface area contributed by atoms with Crippen molar-refractivity contribution in [2.45, 2.75) is 24.8 Å². The monoisotopic (exact) mass is 332 g/mol. The van der Waals surface area contributed by atoms with Crippen LogP contribution in [0.1, 0.15) is 17.3 Å². The van der Waals surface area contributed by atoms with Crippen molar-refractivity contribution in [3.05, 3.63) is 52.6 Å². The van der Waals surface area contributed by atoms with Gasteiger partial charge in [-0.3, -0.25) is 0 Å². The van der Waals surface area contributed by atoms with Gasteiger partial charge in [0.05, 0.1) is 5.75 Å². The average Bonchev–Trinajstić information content (AvgIpc) is 2.94. The van der Waals surface area contributed by atoms with E-state index in [0.717, 1.165) is 17.0 Å². The molecule has 0 N–H and O–H groups in total. The lowest BCUT2D eigenvalue weighted by Gasteiger charge is -2.00. The summed E-state index contributed by atoms with van der Waals surface area (Å²) in [5, 5.41) is 5.37. The van der Waals surface area contributed by atoms with Crippen LogP contribution in [-0.2, 0) is 5.75 Å². The summed E-state index contributed by atoms with van der Waals surface area (Å²) in [6.45, 7) is 3.90. The van der Waals surface area contributed by atoms with Gasteiger partial charge in [-0.2, -0.15) is 4.98 Å². The fourth-order valence-corrected chi connectivity index (χ4v) is 2.83. The van der Waals surface area contributed by atoms with E-state index >= 15 is 0 Å². The highest BCUT2D eigenvalue weighted by atomic mass is 35.5. The van der Waals surface area contributed by atoms with E-state index in [9.17, 15) is 0 Å². The van der Waals surface area contributed by atoms with E-state index in [4.69, 9.17) is 16.1 Å². The Bertz CT molecular complexity index is 768. The number of hydrogen-bond acceptors (Lipinski definition) is 6. The van der Waals surface area contributed by atoms with Crippen LogP contribution in [0.4, 0.5) is 0 Å². The molecule has 7 heteroatoms. The lowest BCUT2D eigenvalue weighted by molar-refractivity contribution is 0.391. The van der Waals surface area contributed by atoms with Gasteiger partial charge in [-0.15, -0.1) is 0 Å². The van der Waals surface area contributed by atoms with Crippen LogP contribution >= 0.6 is 23.4 Å². The summed E-state index contributed by atoms with van der Waals surface area (Å²) in [6.07, 6.45) is 0. The molecule has 0 atom stereocenters. The van der Waals surface area contributed by atoms with Crippen LogP contribution in [0.25, 0.3) is 11.4 Å². The molecule has 2 aromatic heterocycles. The van der Waals surface area contributed by atoms with E-state index < -0.39 is 0 Å². The van der Waals surface area contributed by atoms with Crippen LogP contribution < -0.4 is 0 Å². The third-order valence-corrected chi connectivity index (χ3v) is 3.94. The zero-order chi connectivity index (χ0) is 15.5. The first-order valence-electron chi connectivity index (χ1n) is 6.64. The Hall–Kier alpha value is -1.92. The van der Waals surface area contributed by atoms with Gasteiger partial charge < -0.3 is 4.52 Å². The molecule has 2 heterocycles. The van der Waals surface area contributed by atoms with Crippen LogP contribution in [0, 0.1) is 13.8 Å². The van der Waals surface area contributed by atoms with Crippen molar-refractivity contribution < 1.29 is 4.52 Å². The summed E-state index contributed by atoms with van der Waals surface area (Å²) < 4.78 is 5.26. The molecule has 0 unspecified atom stereocenters. The van der Waals surface area contributed by atoms with E-state index in [1.54, 1.807) is 12.1 Å². The van der Waals surface area contributed by atoms with Gasteiger partial charge in [0, 0.05) is 22.0 Å². The highest BCUT2D eigenvalue weighted by Crippen LogP contribution is 2.22. The lowest BCUT2D eigenvalue weighted by atomic mass is 10.2. The van der Waals surface area contributed by atoms with Gasteiger partial charge in [0.2, 0.25) is 11.7 Å². The second kappa shape index (κ2) is 6.46. The first-order chi connectivity index (χ1) is 10.6. The minimum Gasteiger partial charge on any atom is -0.338 e. The Morgan fingerprint density at radius 1 is 1.05 bits per heavy atom. The Morgan fingerprint density at radius 2 is 1.73 bits per heavy atom. The molecule has 22 heavy (non-hydrogen) atoms. The van der Waals surface area contributed by atoms with Crippen molar-refractivity contribution in [2.24, 2.45) is 0 Å². The number of rotatable bonds is 4. The number of aromatic nitrogens is 4. The second-order valence-electron chi connectivity index (χ2n) is 4.74. The van der Waals surface area contributed by atoms with Crippen LogP contribution in [0.5, 0.6) is 0 Å². The van der Waals surface area contributed by atoms with Crippen molar-refractivity contribution in [2.75, 3.05) is 0 Å². The SMILES string of the molecule is Cc1cc(C)nc(SCc2nc(-c3ccc(Cl)cc3)no2)n1. The minimum atomic E-state index is 0.531. The standard InChI is InChI=1S/C15H13ClN4OS/c1-9-7-10(2)18-15(17-9)22-8-13-19-14(20-21-13)11-3-5-12(16)6-4-11/h3-7H,8H2,1-2H3. The third-order valence-electron chi connectivity index (χ3n) is 2.86. The molecule has 0 radical (unpaired) electrons. The quantitative estimate of drug-likeness (QED) is 0.529. The van der Waals surface area contributed by atoms with Crippen LogP contribution in [-0.4, -0.2) is 20.1 Å². The summed E-state index contributed by atoms with van der Waals surface area (Å²) in [4.78, 5) is 13.1. The van der Waals surface area contributed by atoms with Crippen molar-refractivity contribution in [1.29, 1.82) is 0 Å². The maximum atomic E-state index is 5.87. The first-order valence-corrected chi connectivity index (χ1v) is 8.00. The minimum absolute atomic E-state index is 0.531. The molecule has 1 aromatic carbocycles. The van der Waals surface area contributed by atoms with Gasteiger partial charge in [-0.25, -0.2) is 9.97 Å². The van der Waals surface area contributed by atoms with Gasteiger partial charge in [0.25, 0.3) is 0 Å². The van der Waals surface area contributed by atoms with Gasteiger partial charge in [0.15, 0.2) is 5.16 Å². The largest absolute Gasteiger partial charge is 0.338 e. The number of halogens is 1. The predicted octanol–water partition coefficient (Wildman–Crippen LogP) is 4.09. The van der Waals surface area contributed by atoms with Crippen molar-refractivity contribution in [3.8, 4) is 11.4 Å². The molecule has 0 fully saturated rings. The van der Waals surface area contributed by atoms with Gasteiger partial charge in [0.1, 0.15) is 0 Å². The summed E-state index contributed by atoms with van der Waals surface area (Å²) in [6, 6.07) is 9.25. The van der Waals surface area contributed by atoms with Crippen LogP contribution in [0.2, 0.25) is 5.02 Å². The van der Waals surface area contributed by atoms with E-state index in [1.165, 1.54) is 11.8 Å². The van der Waals surface area contributed by atoms with Crippen molar-refractivity contribution >= 4 is 23.4 Å². The van der Waals surface area contributed by atoms with E-state index in [2.05, 4.69) is 20.1 Å². The fraction of sp³-hybridized carbons (Fsp3) is 0.200. The van der Waals surface area contributed by atoms with E-state index in [1.807, 2.05) is 32.0 Å². The average molecular weight is 333 g/mol. The van der Waals surface area contributed by atoms with Crippen molar-refractivity contribution in [1.82, 2.24) is 20.1 Å². The number of aryl methyl sites for hydroxylation is 2. The van der Waals surface area contributed by atoms with Gasteiger partial charge >= 0.3 is 0 Å². The molecule has 0 amide bonds. The van der Waals surface area contributed by atoms with Crippen molar-refractivity contribution in [3.63, 3.8) is 0 Å². The van der Waals surface area contributed by atoms with E-state index in [-0.39, 0.29) is 0 Å². The molecular weight excluding hydrogens is 320 g/mol. The maximum Gasteiger partial charge on any atom is 0.237 e. The molecular formula is C15H13ClN4OS. The topological polar surface area (TPSA) is 64.7 Å². The Morgan fingerprint density at radius 3 is 2.41 bits per heavy atom. The Labute approximate surface area is 137 Å². The molecule has 0 aliphatic rings. The molecule has 3 rings (SSSR count). The number of hydrogen-bond donors (Lipinski definition) is 0. The lowest BCUT2D eigenvalue weighted by Crippen LogP contribution is -1.93. The highest BCUT2D eigenvalue weighted by molar-refractivity contribution is 7.98. The normalized spacial score (nSPS) is 10.9. The zero-order valence-corrected chi connectivity index (χ0v) is 13.6. The third kappa shape index (κ3) is 3.64. The fourth-order valence-electron chi connectivity index (χ4n) is 1.91. The number of benzene rings is 1. The molecule has 3 aromatic rings. The van der Waals surface area contributed by atoms with Crippen LogP contribution in [0.3, 0.4) is 0 Å². The van der Waals surface area contributed by atoms with Crippen LogP contribution in [0.15, 0.2) is 40.0 Å². The highest BCUT2D eigenvalue weighted by Gasteiger charge is 2.10. The molecule has 0 spiro atoms. The molecule has 0 aliphatic heterocycles. The van der Waals surface area contributed by atoms with Gasteiger partial charge in [-0.1, -0.05) is 28.5 Å². The maximum absolute atomic E-state index is 5.87. The number of nitrogens with zero attached hydrogens (tertiary/aromatic N) is 4. The summed E-state index contributed by atoms with van der Waals surface area (Å²) >= 11 is 7.34. The smallest absolute Gasteiger partial charge is 0.237 e. The molecule has 0 bridgehead atoms. The summed E-state index contributed by atoms with van der Waals surface area (Å²) in [5.74, 6) is 1.62. The van der Waals surface area contributed by atoms with Gasteiger partial charge in [-0.05, 0) is 44.2 Å². The zero-order valence-electron chi connectivity index (χ0n) is 12.1. The second-order valence-corrected chi connectivity index (χ2v) is 6.12. The molecule has 0 saturated heterocycles. The Balaban J connectivity index is 1.70. The molecule has 0 saturated carbocycles. The molecule has 112 valence electrons. The Kier molecular flexibility index (Phi) is 4.40. The molecule has 5 nitrogen and oxygen atoms in total. The predicted molar refractivity (Wildman–Crippen MR) is 85.8 cm³/mol. The number of thioether (sulfide) groups is 1. The summed E-state index contributed by atoms with van der Waals surface area (Å²) in [7, 11) is 0. The van der Waals surface area contributed by atoms with E-state index in [0.29, 0.717) is 27.6 Å². The summed E-state index contributed by atoms with van der Waals surface area (Å²) in [5.41, 5.74) is 2.76. The first kappa shape index (κ1) is 15.0.